The van der Waals surface area contributed by atoms with Crippen LogP contribution in [-0.2, 0) is 16.1 Å². The summed E-state index contributed by atoms with van der Waals surface area (Å²) in [6.45, 7) is 1.31. The van der Waals surface area contributed by atoms with Gasteiger partial charge in [-0.1, -0.05) is 24.3 Å². The van der Waals surface area contributed by atoms with Gasteiger partial charge in [-0.2, -0.15) is 0 Å². The van der Waals surface area contributed by atoms with Gasteiger partial charge in [-0.15, -0.1) is 0 Å². The molecule has 1 heterocycles. The van der Waals surface area contributed by atoms with E-state index in [0.717, 1.165) is 0 Å². The Morgan fingerprint density at radius 3 is 2.81 bits per heavy atom. The van der Waals surface area contributed by atoms with Gasteiger partial charge in [0.05, 0.1) is 22.2 Å². The van der Waals surface area contributed by atoms with Crippen molar-refractivity contribution in [2.75, 3.05) is 0 Å². The van der Waals surface area contributed by atoms with Crippen LogP contribution in [0.3, 0.4) is 0 Å². The van der Waals surface area contributed by atoms with Gasteiger partial charge in [0.2, 0.25) is 0 Å². The Hall–Kier alpha value is -3.55. The second kappa shape index (κ2) is 7.14. The lowest BCUT2D eigenvalue weighted by molar-refractivity contribution is -0.385. The van der Waals surface area contributed by atoms with Crippen molar-refractivity contribution < 1.29 is 14.5 Å². The Bertz CT molecular complexity index is 1040. The van der Waals surface area contributed by atoms with Crippen LogP contribution in [-0.4, -0.2) is 20.4 Å². The first kappa shape index (κ1) is 17.3. The van der Waals surface area contributed by atoms with Crippen LogP contribution in [0.5, 0.6) is 0 Å². The quantitative estimate of drug-likeness (QED) is 0.397. The molecule has 0 aliphatic carbocycles. The molecule has 0 N–H and O–H groups in total. The first-order valence-corrected chi connectivity index (χ1v) is 7.83. The lowest BCUT2D eigenvalue weighted by Gasteiger charge is -2.14. The fourth-order valence-corrected chi connectivity index (χ4v) is 2.55. The molecule has 0 amide bonds. The predicted molar refractivity (Wildman–Crippen MR) is 93.6 cm³/mol. The number of ether oxygens (including phenoxy) is 1. The Labute approximate surface area is 147 Å². The van der Waals surface area contributed by atoms with Gasteiger partial charge in [-0.25, -0.2) is 4.98 Å². The van der Waals surface area contributed by atoms with E-state index in [-0.39, 0.29) is 17.8 Å². The molecular formula is C18H15N3O5. The van der Waals surface area contributed by atoms with Gasteiger partial charge >= 0.3 is 5.97 Å². The summed E-state index contributed by atoms with van der Waals surface area (Å²) < 4.78 is 6.46. The summed E-state index contributed by atoms with van der Waals surface area (Å²) in [6, 6.07) is 12.7. The SMILES string of the molecule is C[C@@H](OC(=O)Cn1cnc2ccccc2c1=O)c1cccc([N+](=O)[O-])c1. The standard InChI is InChI=1S/C18H15N3O5/c1-12(13-5-4-6-14(9-13)21(24)25)26-17(22)10-20-11-19-16-8-3-2-7-15(16)18(20)23/h2-9,11-12H,10H2,1H3/t12-/m1/s1. The van der Waals surface area contributed by atoms with Gasteiger partial charge in [0, 0.05) is 12.1 Å². The number of nitrogens with zero attached hydrogens (tertiary/aromatic N) is 3. The number of non-ortho nitro benzene ring substituents is 1. The maximum atomic E-state index is 12.4. The number of carbonyl (C=O) groups is 1. The minimum Gasteiger partial charge on any atom is -0.456 e. The third kappa shape index (κ3) is 3.59. The number of rotatable bonds is 5. The fraction of sp³-hybridized carbons (Fsp3) is 0.167. The van der Waals surface area contributed by atoms with Crippen molar-refractivity contribution >= 4 is 22.6 Å². The molecule has 8 nitrogen and oxygen atoms in total. The van der Waals surface area contributed by atoms with Gasteiger partial charge in [0.15, 0.2) is 0 Å². The van der Waals surface area contributed by atoms with E-state index in [9.17, 15) is 19.7 Å². The summed E-state index contributed by atoms with van der Waals surface area (Å²) in [7, 11) is 0. The lowest BCUT2D eigenvalue weighted by atomic mass is 10.1. The highest BCUT2D eigenvalue weighted by Gasteiger charge is 2.16. The van der Waals surface area contributed by atoms with Gasteiger partial charge in [-0.05, 0) is 24.6 Å². The molecule has 132 valence electrons. The van der Waals surface area contributed by atoms with Crippen molar-refractivity contribution in [3.05, 3.63) is 80.9 Å². The summed E-state index contributed by atoms with van der Waals surface area (Å²) >= 11 is 0. The summed E-state index contributed by atoms with van der Waals surface area (Å²) in [6.07, 6.45) is 0.607. The smallest absolute Gasteiger partial charge is 0.326 e. The first-order valence-electron chi connectivity index (χ1n) is 7.83. The molecule has 0 spiro atoms. The predicted octanol–water partition coefficient (Wildman–Crippen LogP) is 2.61. The molecule has 3 rings (SSSR count). The minimum atomic E-state index is -0.688. The molecule has 0 bridgehead atoms. The lowest BCUT2D eigenvalue weighted by Crippen LogP contribution is -2.26. The highest BCUT2D eigenvalue weighted by Crippen LogP contribution is 2.21. The van der Waals surface area contributed by atoms with Gasteiger partial charge in [0.1, 0.15) is 12.6 Å². The number of para-hydroxylation sites is 1. The average Bonchev–Trinajstić information content (AvgIpc) is 2.64. The number of fused-ring (bicyclic) bond motifs is 1. The molecule has 0 unspecified atom stereocenters. The molecule has 8 heteroatoms. The van der Waals surface area contributed by atoms with Crippen LogP contribution in [0.2, 0.25) is 0 Å². The average molecular weight is 353 g/mol. The number of nitro benzene ring substituents is 1. The van der Waals surface area contributed by atoms with E-state index in [0.29, 0.717) is 16.5 Å². The van der Waals surface area contributed by atoms with Crippen LogP contribution in [0, 0.1) is 10.1 Å². The molecule has 0 saturated heterocycles. The van der Waals surface area contributed by atoms with Crippen molar-refractivity contribution in [2.45, 2.75) is 19.6 Å². The van der Waals surface area contributed by atoms with E-state index in [1.165, 1.54) is 29.1 Å². The number of nitro groups is 1. The molecule has 1 aromatic heterocycles. The molecule has 0 fully saturated rings. The van der Waals surface area contributed by atoms with Crippen LogP contribution in [0.1, 0.15) is 18.6 Å². The van der Waals surface area contributed by atoms with Crippen LogP contribution in [0.15, 0.2) is 59.7 Å². The summed E-state index contributed by atoms with van der Waals surface area (Å²) in [4.78, 5) is 39.0. The zero-order valence-corrected chi connectivity index (χ0v) is 13.9. The molecule has 0 aliphatic heterocycles. The zero-order valence-electron chi connectivity index (χ0n) is 13.9. The molecule has 0 aliphatic rings. The van der Waals surface area contributed by atoms with Crippen molar-refractivity contribution in [3.63, 3.8) is 0 Å². The van der Waals surface area contributed by atoms with E-state index in [1.807, 2.05) is 0 Å². The molecule has 2 aromatic carbocycles. The van der Waals surface area contributed by atoms with E-state index in [2.05, 4.69) is 4.98 Å². The Balaban J connectivity index is 1.75. The number of esters is 1. The van der Waals surface area contributed by atoms with Crippen molar-refractivity contribution in [1.29, 1.82) is 0 Å². The van der Waals surface area contributed by atoms with Gasteiger partial charge in [-0.3, -0.25) is 24.3 Å². The van der Waals surface area contributed by atoms with E-state index < -0.39 is 17.0 Å². The van der Waals surface area contributed by atoms with E-state index in [4.69, 9.17) is 4.74 Å². The zero-order chi connectivity index (χ0) is 18.7. The van der Waals surface area contributed by atoms with Crippen LogP contribution < -0.4 is 5.56 Å². The Morgan fingerprint density at radius 1 is 1.27 bits per heavy atom. The Kier molecular flexibility index (Phi) is 4.74. The third-order valence-corrected chi connectivity index (χ3v) is 3.89. The highest BCUT2D eigenvalue weighted by molar-refractivity contribution is 5.77. The molecule has 3 aromatic rings. The van der Waals surface area contributed by atoms with Gasteiger partial charge < -0.3 is 4.74 Å². The highest BCUT2D eigenvalue weighted by atomic mass is 16.6. The van der Waals surface area contributed by atoms with Gasteiger partial charge in [0.25, 0.3) is 11.2 Å². The van der Waals surface area contributed by atoms with Crippen molar-refractivity contribution in [3.8, 4) is 0 Å². The minimum absolute atomic E-state index is 0.0830. The third-order valence-electron chi connectivity index (χ3n) is 3.89. The number of carbonyl (C=O) groups excluding carboxylic acids is 1. The van der Waals surface area contributed by atoms with Crippen molar-refractivity contribution in [2.24, 2.45) is 0 Å². The summed E-state index contributed by atoms with van der Waals surface area (Å²) in [5, 5.41) is 11.2. The first-order chi connectivity index (χ1) is 12.5. The number of hydrogen-bond donors (Lipinski definition) is 0. The van der Waals surface area contributed by atoms with Crippen molar-refractivity contribution in [1.82, 2.24) is 9.55 Å². The molecule has 0 radical (unpaired) electrons. The fourth-order valence-electron chi connectivity index (χ4n) is 2.55. The second-order valence-corrected chi connectivity index (χ2v) is 5.68. The maximum absolute atomic E-state index is 12.4. The molecular weight excluding hydrogens is 338 g/mol. The number of hydrogen-bond acceptors (Lipinski definition) is 6. The van der Waals surface area contributed by atoms with Crippen LogP contribution in [0.4, 0.5) is 5.69 Å². The van der Waals surface area contributed by atoms with E-state index in [1.54, 1.807) is 37.3 Å². The molecule has 1 atom stereocenters. The molecule has 0 saturated carbocycles. The summed E-state index contributed by atoms with van der Waals surface area (Å²) in [5.41, 5.74) is 0.625. The summed E-state index contributed by atoms with van der Waals surface area (Å²) in [5.74, 6) is -0.636. The number of aromatic nitrogens is 2. The van der Waals surface area contributed by atoms with Crippen LogP contribution >= 0.6 is 0 Å². The Morgan fingerprint density at radius 2 is 2.04 bits per heavy atom. The molecule has 26 heavy (non-hydrogen) atoms. The maximum Gasteiger partial charge on any atom is 0.326 e. The second-order valence-electron chi connectivity index (χ2n) is 5.68. The monoisotopic (exact) mass is 353 g/mol. The topological polar surface area (TPSA) is 104 Å². The van der Waals surface area contributed by atoms with Crippen LogP contribution in [0.25, 0.3) is 10.9 Å². The largest absolute Gasteiger partial charge is 0.456 e. The van der Waals surface area contributed by atoms with E-state index >= 15 is 0 Å². The normalized spacial score (nSPS) is 11.9. The number of benzene rings is 2.